The fourth-order valence-electron chi connectivity index (χ4n) is 4.05. The van der Waals surface area contributed by atoms with Gasteiger partial charge in [0.1, 0.15) is 5.75 Å². The number of nitrogens with one attached hydrogen (secondary N) is 1. The number of rotatable bonds is 6. The van der Waals surface area contributed by atoms with Gasteiger partial charge >= 0.3 is 0 Å². The summed E-state index contributed by atoms with van der Waals surface area (Å²) in [4.78, 5) is 24.1. The second-order valence-corrected chi connectivity index (χ2v) is 8.55. The number of fused-ring (bicyclic) bond motifs is 1. The lowest BCUT2D eigenvalue weighted by Gasteiger charge is -2.34. The van der Waals surface area contributed by atoms with Gasteiger partial charge in [-0.25, -0.2) is 9.50 Å². The molecule has 31 heavy (non-hydrogen) atoms. The minimum Gasteiger partial charge on any atom is -0.497 e. The Morgan fingerprint density at radius 3 is 2.55 bits per heavy atom. The van der Waals surface area contributed by atoms with Crippen LogP contribution in [0.4, 0.5) is 5.69 Å². The lowest BCUT2D eigenvalue weighted by atomic mass is 10.0. The summed E-state index contributed by atoms with van der Waals surface area (Å²) in [5, 5.41) is 8.36. The Morgan fingerprint density at radius 2 is 1.90 bits per heavy atom. The van der Waals surface area contributed by atoms with Crippen molar-refractivity contribution < 1.29 is 9.53 Å². The van der Waals surface area contributed by atoms with Gasteiger partial charge in [-0.05, 0) is 57.2 Å². The molecule has 9 heteroatoms. The maximum atomic E-state index is 12.8. The molecule has 3 heterocycles. The molecule has 0 atom stereocenters. The number of hydrogen-bond acceptors (Lipinski definition) is 7. The summed E-state index contributed by atoms with van der Waals surface area (Å²) in [5.41, 5.74) is 3.85. The number of benzene rings is 1. The molecule has 1 aliphatic rings. The Balaban J connectivity index is 1.36. The average molecular weight is 441 g/mol. The molecule has 1 aliphatic heterocycles. The second-order valence-electron chi connectivity index (χ2n) is 7.78. The molecule has 1 aromatic carbocycles. The standard InChI is InChI=1S/C22H28N6O2S/c1-14-19(15(2)28-21(23-14)25-22(26-28)31-4)13-20(29)24-16-9-11-27(12-10-16)17-5-7-18(30-3)8-6-17/h5-8,16H,9-13H2,1-4H3,(H,24,29). The van der Waals surface area contributed by atoms with E-state index in [-0.39, 0.29) is 11.9 Å². The number of carbonyl (C=O) groups excluding carboxylic acids is 1. The summed E-state index contributed by atoms with van der Waals surface area (Å²) >= 11 is 1.48. The Kier molecular flexibility index (Phi) is 6.31. The Labute approximate surface area is 186 Å². The first kappa shape index (κ1) is 21.4. The minimum absolute atomic E-state index is 0.0282. The molecule has 0 radical (unpaired) electrons. The topological polar surface area (TPSA) is 84.6 Å². The van der Waals surface area contributed by atoms with Gasteiger partial charge in [-0.2, -0.15) is 4.98 Å². The first-order valence-electron chi connectivity index (χ1n) is 10.4. The third kappa shape index (κ3) is 4.61. The largest absolute Gasteiger partial charge is 0.497 e. The monoisotopic (exact) mass is 440 g/mol. The summed E-state index contributed by atoms with van der Waals surface area (Å²) in [6.45, 7) is 5.73. The fourth-order valence-corrected chi connectivity index (χ4v) is 4.38. The number of nitrogens with zero attached hydrogens (tertiary/aromatic N) is 5. The molecule has 1 N–H and O–H groups in total. The molecule has 0 unspecified atom stereocenters. The van der Waals surface area contributed by atoms with Crippen LogP contribution in [0, 0.1) is 13.8 Å². The van der Waals surface area contributed by atoms with Gasteiger partial charge in [0, 0.05) is 41.8 Å². The van der Waals surface area contributed by atoms with E-state index in [0.29, 0.717) is 17.4 Å². The van der Waals surface area contributed by atoms with Crippen LogP contribution in [0.3, 0.4) is 0 Å². The lowest BCUT2D eigenvalue weighted by Crippen LogP contribution is -2.45. The molecule has 1 amide bonds. The van der Waals surface area contributed by atoms with E-state index < -0.39 is 0 Å². The van der Waals surface area contributed by atoms with Crippen molar-refractivity contribution >= 4 is 29.1 Å². The third-order valence-electron chi connectivity index (χ3n) is 5.85. The molecule has 0 spiro atoms. The van der Waals surface area contributed by atoms with Gasteiger partial charge in [-0.3, -0.25) is 4.79 Å². The van der Waals surface area contributed by atoms with E-state index in [1.165, 1.54) is 17.4 Å². The molecular weight excluding hydrogens is 412 g/mol. The van der Waals surface area contributed by atoms with Crippen LogP contribution in [0.5, 0.6) is 5.75 Å². The van der Waals surface area contributed by atoms with Gasteiger partial charge in [-0.1, -0.05) is 11.8 Å². The van der Waals surface area contributed by atoms with Crippen molar-refractivity contribution in [3.63, 3.8) is 0 Å². The van der Waals surface area contributed by atoms with Crippen LogP contribution >= 0.6 is 11.8 Å². The van der Waals surface area contributed by atoms with Crippen molar-refractivity contribution in [2.24, 2.45) is 0 Å². The Bertz CT molecular complexity index is 1070. The van der Waals surface area contributed by atoms with Crippen molar-refractivity contribution in [3.8, 4) is 5.75 Å². The van der Waals surface area contributed by atoms with Crippen LogP contribution in [0.25, 0.3) is 5.78 Å². The van der Waals surface area contributed by atoms with Crippen LogP contribution in [0.1, 0.15) is 29.8 Å². The highest BCUT2D eigenvalue weighted by molar-refractivity contribution is 7.98. The molecule has 8 nitrogen and oxygen atoms in total. The first-order chi connectivity index (χ1) is 15.0. The Hall–Kier alpha value is -2.81. The lowest BCUT2D eigenvalue weighted by molar-refractivity contribution is -0.121. The molecule has 164 valence electrons. The summed E-state index contributed by atoms with van der Waals surface area (Å²) in [5.74, 6) is 1.47. The van der Waals surface area contributed by atoms with Gasteiger partial charge in [-0.15, -0.1) is 5.10 Å². The number of ether oxygens (including phenoxy) is 1. The molecule has 1 fully saturated rings. The van der Waals surface area contributed by atoms with E-state index in [0.717, 1.165) is 48.6 Å². The molecule has 0 aliphatic carbocycles. The number of piperidine rings is 1. The zero-order valence-corrected chi connectivity index (χ0v) is 19.2. The maximum Gasteiger partial charge on any atom is 0.253 e. The molecule has 3 aromatic rings. The highest BCUT2D eigenvalue weighted by atomic mass is 32.2. The SMILES string of the molecule is COc1ccc(N2CCC(NC(=O)Cc3c(C)nc4nc(SC)nn4c3C)CC2)cc1. The van der Waals surface area contributed by atoms with E-state index >= 15 is 0 Å². The molecular formula is C22H28N6O2S. The van der Waals surface area contributed by atoms with Crippen molar-refractivity contribution in [2.75, 3.05) is 31.4 Å². The van der Waals surface area contributed by atoms with Crippen LogP contribution in [0.2, 0.25) is 0 Å². The minimum atomic E-state index is 0.0282. The van der Waals surface area contributed by atoms with E-state index in [4.69, 9.17) is 4.74 Å². The van der Waals surface area contributed by atoms with Crippen LogP contribution in [0.15, 0.2) is 29.4 Å². The number of aryl methyl sites for hydroxylation is 2. The normalized spacial score (nSPS) is 14.8. The van der Waals surface area contributed by atoms with Crippen molar-refractivity contribution in [2.45, 2.75) is 44.3 Å². The van der Waals surface area contributed by atoms with Gasteiger partial charge < -0.3 is 15.0 Å². The zero-order valence-electron chi connectivity index (χ0n) is 18.4. The first-order valence-corrected chi connectivity index (χ1v) is 11.7. The number of anilines is 1. The highest BCUT2D eigenvalue weighted by Crippen LogP contribution is 2.23. The third-order valence-corrected chi connectivity index (χ3v) is 6.39. The van der Waals surface area contributed by atoms with E-state index in [1.807, 2.05) is 32.2 Å². The summed E-state index contributed by atoms with van der Waals surface area (Å²) in [6, 6.07) is 8.32. The molecule has 1 saturated heterocycles. The molecule has 0 bridgehead atoms. The summed E-state index contributed by atoms with van der Waals surface area (Å²) in [7, 11) is 1.67. The number of thioether (sulfide) groups is 1. The second kappa shape index (κ2) is 9.13. The van der Waals surface area contributed by atoms with Crippen molar-refractivity contribution in [3.05, 3.63) is 41.2 Å². The van der Waals surface area contributed by atoms with Crippen LogP contribution < -0.4 is 15.0 Å². The number of carbonyl (C=O) groups is 1. The number of methoxy groups -OCH3 is 1. The van der Waals surface area contributed by atoms with E-state index in [1.54, 1.807) is 11.6 Å². The predicted molar refractivity (Wildman–Crippen MR) is 122 cm³/mol. The van der Waals surface area contributed by atoms with E-state index in [9.17, 15) is 4.79 Å². The van der Waals surface area contributed by atoms with Gasteiger partial charge in [0.05, 0.1) is 13.5 Å². The van der Waals surface area contributed by atoms with Gasteiger partial charge in [0.2, 0.25) is 11.1 Å². The average Bonchev–Trinajstić information content (AvgIpc) is 3.20. The fraction of sp³-hybridized carbons (Fsp3) is 0.455. The molecule has 2 aromatic heterocycles. The maximum absolute atomic E-state index is 12.8. The number of amides is 1. The van der Waals surface area contributed by atoms with Gasteiger partial charge in [0.15, 0.2) is 0 Å². The number of hydrogen-bond donors (Lipinski definition) is 1. The van der Waals surface area contributed by atoms with Crippen molar-refractivity contribution in [1.29, 1.82) is 0 Å². The predicted octanol–water partition coefficient (Wildman–Crippen LogP) is 2.80. The number of aromatic nitrogens is 4. The van der Waals surface area contributed by atoms with Crippen molar-refractivity contribution in [1.82, 2.24) is 24.9 Å². The van der Waals surface area contributed by atoms with Gasteiger partial charge in [0.25, 0.3) is 5.78 Å². The highest BCUT2D eigenvalue weighted by Gasteiger charge is 2.22. The van der Waals surface area contributed by atoms with Crippen LogP contribution in [-0.2, 0) is 11.2 Å². The molecule has 0 saturated carbocycles. The summed E-state index contributed by atoms with van der Waals surface area (Å²) in [6.07, 6.45) is 4.08. The zero-order chi connectivity index (χ0) is 22.0. The summed E-state index contributed by atoms with van der Waals surface area (Å²) < 4.78 is 6.96. The molecule has 4 rings (SSSR count). The Morgan fingerprint density at radius 1 is 1.19 bits per heavy atom. The smallest absolute Gasteiger partial charge is 0.253 e. The van der Waals surface area contributed by atoms with Crippen LogP contribution in [-0.4, -0.2) is 58.0 Å². The quantitative estimate of drug-likeness (QED) is 0.590. The van der Waals surface area contributed by atoms with E-state index in [2.05, 4.69) is 37.4 Å².